The summed E-state index contributed by atoms with van der Waals surface area (Å²) >= 11 is 1.75. The maximum absolute atomic E-state index is 7.97. The minimum Gasteiger partial charge on any atom is -0.342 e. The first-order valence-electron chi connectivity index (χ1n) is 10.2. The second kappa shape index (κ2) is 8.87. The minimum absolute atomic E-state index is 0.393. The molecule has 0 aliphatic carbocycles. The van der Waals surface area contributed by atoms with Gasteiger partial charge >= 0.3 is 0 Å². The molecule has 152 valence electrons. The number of imidazole rings is 1. The Labute approximate surface area is 177 Å². The van der Waals surface area contributed by atoms with Crippen molar-refractivity contribution in [3.63, 3.8) is 0 Å². The molecule has 0 spiro atoms. The number of aryl methyl sites for hydroxylation is 3. The van der Waals surface area contributed by atoms with E-state index in [0.29, 0.717) is 11.6 Å². The van der Waals surface area contributed by atoms with E-state index in [-0.39, 0.29) is 0 Å². The second-order valence-electron chi connectivity index (χ2n) is 7.65. The molecule has 0 unspecified atom stereocenters. The zero-order chi connectivity index (χ0) is 21.1. The van der Waals surface area contributed by atoms with Crippen molar-refractivity contribution in [3.8, 4) is 21.1 Å². The number of aromatic nitrogens is 3. The predicted molar refractivity (Wildman–Crippen MR) is 125 cm³/mol. The quantitative estimate of drug-likeness (QED) is 0.415. The van der Waals surface area contributed by atoms with E-state index in [9.17, 15) is 0 Å². The summed E-state index contributed by atoms with van der Waals surface area (Å²) < 4.78 is 0. The lowest BCUT2D eigenvalue weighted by atomic mass is 9.92. The Morgan fingerprint density at radius 2 is 1.90 bits per heavy atom. The Kier molecular flexibility index (Phi) is 6.48. The summed E-state index contributed by atoms with van der Waals surface area (Å²) in [5, 5.41) is 7.97. The molecule has 4 nitrogen and oxygen atoms in total. The molecule has 0 saturated carbocycles. The minimum atomic E-state index is 0.393. The zero-order valence-corrected chi connectivity index (χ0v) is 19.0. The first-order valence-corrected chi connectivity index (χ1v) is 11.0. The van der Waals surface area contributed by atoms with E-state index >= 15 is 0 Å². The van der Waals surface area contributed by atoms with Crippen molar-refractivity contribution in [2.45, 2.75) is 54.4 Å². The number of thiophene rings is 1. The van der Waals surface area contributed by atoms with E-state index in [1.807, 2.05) is 25.3 Å². The molecule has 0 saturated heterocycles. The Morgan fingerprint density at radius 1 is 1.17 bits per heavy atom. The van der Waals surface area contributed by atoms with Crippen molar-refractivity contribution < 1.29 is 0 Å². The van der Waals surface area contributed by atoms with Gasteiger partial charge in [-0.15, -0.1) is 11.3 Å². The number of allylic oxidation sites excluding steroid dienone is 2. The van der Waals surface area contributed by atoms with Crippen LogP contribution < -0.4 is 0 Å². The van der Waals surface area contributed by atoms with Gasteiger partial charge in [-0.25, -0.2) is 4.98 Å². The summed E-state index contributed by atoms with van der Waals surface area (Å²) in [6.07, 6.45) is 5.88. The number of hydrogen-bond donors (Lipinski definition) is 2. The number of H-pyrrole nitrogens is 1. The highest BCUT2D eigenvalue weighted by molar-refractivity contribution is 7.19. The van der Waals surface area contributed by atoms with Crippen LogP contribution in [0.25, 0.3) is 26.7 Å². The molecule has 3 aromatic rings. The van der Waals surface area contributed by atoms with Gasteiger partial charge in [0.05, 0.1) is 15.4 Å². The predicted octanol–water partition coefficient (Wildman–Crippen LogP) is 6.98. The van der Waals surface area contributed by atoms with Crippen LogP contribution in [-0.2, 0) is 0 Å². The van der Waals surface area contributed by atoms with Gasteiger partial charge < -0.3 is 10.4 Å². The van der Waals surface area contributed by atoms with Crippen LogP contribution in [0.4, 0.5) is 0 Å². The molecule has 0 amide bonds. The summed E-state index contributed by atoms with van der Waals surface area (Å²) in [7, 11) is 0. The van der Waals surface area contributed by atoms with E-state index in [0.717, 1.165) is 41.3 Å². The lowest BCUT2D eigenvalue weighted by molar-refractivity contribution is 0.620. The molecule has 29 heavy (non-hydrogen) atoms. The van der Waals surface area contributed by atoms with Crippen LogP contribution in [-0.4, -0.2) is 20.7 Å². The highest BCUT2D eigenvalue weighted by Crippen LogP contribution is 2.39. The van der Waals surface area contributed by atoms with Crippen molar-refractivity contribution in [1.82, 2.24) is 15.0 Å². The molecule has 3 rings (SSSR count). The highest BCUT2D eigenvalue weighted by atomic mass is 32.1. The highest BCUT2D eigenvalue weighted by Gasteiger charge is 2.21. The van der Waals surface area contributed by atoms with Crippen molar-refractivity contribution in [3.05, 3.63) is 53.1 Å². The van der Waals surface area contributed by atoms with Crippen LogP contribution in [0.5, 0.6) is 0 Å². The van der Waals surface area contributed by atoms with Gasteiger partial charge in [-0.1, -0.05) is 19.9 Å². The van der Waals surface area contributed by atoms with Crippen LogP contribution in [0.15, 0.2) is 30.5 Å². The molecule has 0 atom stereocenters. The number of hydrogen-bond acceptors (Lipinski definition) is 4. The standard InChI is InChI=1S/C24H30N4S/c1-7-18(8-2)19(13-16(5)25)24-27-17(6)22(28-24)23-15(4)12-20(29-23)21-14(3)10-9-11-26-21/h9-13,18,25H,7-8H2,1-6H3,(H,27,28)/b19-13-,25-16?. The lowest BCUT2D eigenvalue weighted by Gasteiger charge is -2.15. The maximum atomic E-state index is 7.97. The van der Waals surface area contributed by atoms with Gasteiger partial charge in [0.25, 0.3) is 0 Å². The van der Waals surface area contributed by atoms with Crippen LogP contribution in [0.1, 0.15) is 56.3 Å². The molecule has 0 bridgehead atoms. The monoisotopic (exact) mass is 406 g/mol. The lowest BCUT2D eigenvalue weighted by Crippen LogP contribution is -2.04. The van der Waals surface area contributed by atoms with Crippen molar-refractivity contribution in [1.29, 1.82) is 5.41 Å². The third kappa shape index (κ3) is 4.40. The van der Waals surface area contributed by atoms with Crippen molar-refractivity contribution in [2.24, 2.45) is 5.92 Å². The smallest absolute Gasteiger partial charge is 0.134 e. The summed E-state index contributed by atoms with van der Waals surface area (Å²) in [5.41, 5.74) is 7.19. The van der Waals surface area contributed by atoms with E-state index < -0.39 is 0 Å². The first-order chi connectivity index (χ1) is 13.8. The third-order valence-electron chi connectivity index (χ3n) is 5.33. The topological polar surface area (TPSA) is 65.4 Å². The molecule has 5 heteroatoms. The number of rotatable bonds is 7. The first kappa shape index (κ1) is 21.2. The average Bonchev–Trinajstić information content (AvgIpc) is 3.24. The zero-order valence-electron chi connectivity index (χ0n) is 18.2. The maximum Gasteiger partial charge on any atom is 0.134 e. The fraction of sp³-hybridized carbons (Fsp3) is 0.375. The molecule has 3 aromatic heterocycles. The molecule has 3 heterocycles. The molecule has 0 aliphatic heterocycles. The molecule has 0 aromatic carbocycles. The number of aromatic amines is 1. The molecule has 0 aliphatic rings. The van der Waals surface area contributed by atoms with Gasteiger partial charge in [0.15, 0.2) is 0 Å². The van der Waals surface area contributed by atoms with Crippen LogP contribution in [0.3, 0.4) is 0 Å². The van der Waals surface area contributed by atoms with E-state index in [4.69, 9.17) is 10.4 Å². The number of nitrogens with one attached hydrogen (secondary N) is 2. The summed E-state index contributed by atoms with van der Waals surface area (Å²) in [4.78, 5) is 15.4. The Hall–Kier alpha value is -2.53. The Morgan fingerprint density at radius 3 is 2.52 bits per heavy atom. The Bertz CT molecular complexity index is 1050. The summed E-state index contributed by atoms with van der Waals surface area (Å²) in [5.74, 6) is 1.28. The SMILES string of the molecule is CCC(CC)/C(=C/C(C)=N)c1nc(-c2sc(-c3ncccc3C)cc2C)c(C)[nH]1. The van der Waals surface area contributed by atoms with E-state index in [1.54, 1.807) is 11.3 Å². The number of pyridine rings is 1. The van der Waals surface area contributed by atoms with Gasteiger partial charge in [-0.3, -0.25) is 4.98 Å². The van der Waals surface area contributed by atoms with E-state index in [2.05, 4.69) is 56.7 Å². The second-order valence-corrected chi connectivity index (χ2v) is 8.70. The molecular formula is C24H30N4S. The van der Waals surface area contributed by atoms with Crippen molar-refractivity contribution in [2.75, 3.05) is 0 Å². The third-order valence-corrected chi connectivity index (χ3v) is 6.58. The fourth-order valence-electron chi connectivity index (χ4n) is 3.74. The van der Waals surface area contributed by atoms with Crippen LogP contribution in [0.2, 0.25) is 0 Å². The molecule has 0 fully saturated rings. The normalized spacial score (nSPS) is 12.0. The fourth-order valence-corrected chi connectivity index (χ4v) is 5.02. The molecular weight excluding hydrogens is 376 g/mol. The van der Waals surface area contributed by atoms with Gasteiger partial charge in [0.2, 0.25) is 0 Å². The van der Waals surface area contributed by atoms with Crippen molar-refractivity contribution >= 4 is 22.6 Å². The van der Waals surface area contributed by atoms with Crippen LogP contribution in [0, 0.1) is 32.1 Å². The van der Waals surface area contributed by atoms with Gasteiger partial charge in [-0.2, -0.15) is 0 Å². The average molecular weight is 407 g/mol. The van der Waals surface area contributed by atoms with Crippen LogP contribution >= 0.6 is 11.3 Å². The largest absolute Gasteiger partial charge is 0.342 e. The van der Waals surface area contributed by atoms with Gasteiger partial charge in [0, 0.05) is 17.6 Å². The van der Waals surface area contributed by atoms with Gasteiger partial charge in [0.1, 0.15) is 11.5 Å². The molecule has 2 N–H and O–H groups in total. The van der Waals surface area contributed by atoms with Gasteiger partial charge in [-0.05, 0) is 81.4 Å². The molecule has 0 radical (unpaired) electrons. The summed E-state index contributed by atoms with van der Waals surface area (Å²) in [6.45, 7) is 12.5. The summed E-state index contributed by atoms with van der Waals surface area (Å²) in [6, 6.07) is 6.28. The van der Waals surface area contributed by atoms with E-state index in [1.165, 1.54) is 20.9 Å². The number of nitrogens with zero attached hydrogens (tertiary/aromatic N) is 2. The Balaban J connectivity index is 2.07.